The summed E-state index contributed by atoms with van der Waals surface area (Å²) in [7, 11) is 0. The summed E-state index contributed by atoms with van der Waals surface area (Å²) in [5.41, 5.74) is 0.121. The molecule has 0 unspecified atom stereocenters. The molecule has 0 spiro atoms. The monoisotopic (exact) mass is 158 g/mol. The molecule has 0 saturated carbocycles. The summed E-state index contributed by atoms with van der Waals surface area (Å²) in [6, 6.07) is 0. The zero-order valence-electron chi connectivity index (χ0n) is 7.59. The van der Waals surface area contributed by atoms with E-state index in [-0.39, 0.29) is 12.0 Å². The molecule has 0 aliphatic carbocycles. The van der Waals surface area contributed by atoms with E-state index in [1.807, 2.05) is 0 Å². The summed E-state index contributed by atoms with van der Waals surface area (Å²) in [6.07, 6.45) is 2.89. The largest absolute Gasteiger partial charge is 0.513 e. The highest BCUT2D eigenvalue weighted by Crippen LogP contribution is 2.22. The lowest BCUT2D eigenvalue weighted by molar-refractivity contribution is 0.286. The lowest BCUT2D eigenvalue weighted by atomic mass is 9.91. The second-order valence-corrected chi connectivity index (χ2v) is 3.95. The van der Waals surface area contributed by atoms with Gasteiger partial charge in [-0.3, -0.25) is 0 Å². The molecule has 0 bridgehead atoms. The normalized spacial score (nSPS) is 13.6. The average Bonchev–Trinajstić information content (AvgIpc) is 1.79. The summed E-state index contributed by atoms with van der Waals surface area (Å²) in [6.45, 7) is 6.30. The molecule has 2 heteroatoms. The van der Waals surface area contributed by atoms with Crippen LogP contribution >= 0.6 is 0 Å². The maximum Gasteiger partial charge on any atom is 0.0888 e. The molecule has 0 amide bonds. The molecular formula is C9H18O2. The molecule has 0 saturated heterocycles. The molecule has 11 heavy (non-hydrogen) atoms. The smallest absolute Gasteiger partial charge is 0.0888 e. The average molecular weight is 158 g/mol. The van der Waals surface area contributed by atoms with Gasteiger partial charge in [-0.25, -0.2) is 0 Å². The second-order valence-electron chi connectivity index (χ2n) is 3.95. The van der Waals surface area contributed by atoms with E-state index >= 15 is 0 Å². The van der Waals surface area contributed by atoms with Gasteiger partial charge in [-0.2, -0.15) is 0 Å². The van der Waals surface area contributed by atoms with E-state index in [9.17, 15) is 5.11 Å². The first-order chi connectivity index (χ1) is 4.95. The molecule has 0 aliphatic heterocycles. The van der Waals surface area contributed by atoms with Crippen molar-refractivity contribution in [3.8, 4) is 0 Å². The number of aliphatic hydroxyl groups excluding tert-OH is 2. The highest BCUT2D eigenvalue weighted by Gasteiger charge is 2.11. The van der Waals surface area contributed by atoms with Gasteiger partial charge in [0.15, 0.2) is 0 Å². The molecule has 0 aliphatic rings. The predicted molar refractivity (Wildman–Crippen MR) is 46.5 cm³/mol. The molecular weight excluding hydrogens is 140 g/mol. The van der Waals surface area contributed by atoms with Crippen molar-refractivity contribution in [2.24, 2.45) is 5.41 Å². The fourth-order valence-corrected chi connectivity index (χ4v) is 0.847. The third-order valence-corrected chi connectivity index (χ3v) is 1.22. The van der Waals surface area contributed by atoms with Crippen molar-refractivity contribution in [2.45, 2.75) is 33.6 Å². The van der Waals surface area contributed by atoms with Gasteiger partial charge in [0.05, 0.1) is 5.76 Å². The van der Waals surface area contributed by atoms with Crippen LogP contribution in [-0.2, 0) is 0 Å². The van der Waals surface area contributed by atoms with Gasteiger partial charge < -0.3 is 10.2 Å². The molecule has 0 aromatic heterocycles. The lowest BCUT2D eigenvalue weighted by Gasteiger charge is -2.16. The summed E-state index contributed by atoms with van der Waals surface area (Å²) in [5, 5.41) is 17.7. The van der Waals surface area contributed by atoms with Crippen molar-refractivity contribution >= 4 is 0 Å². The van der Waals surface area contributed by atoms with E-state index in [0.717, 1.165) is 0 Å². The maximum absolute atomic E-state index is 9.27. The summed E-state index contributed by atoms with van der Waals surface area (Å²) in [5.74, 6) is 0.381. The zero-order chi connectivity index (χ0) is 8.91. The van der Waals surface area contributed by atoms with Crippen molar-refractivity contribution in [2.75, 3.05) is 6.61 Å². The Balaban J connectivity index is 3.76. The number of hydrogen-bond donors (Lipinski definition) is 2. The van der Waals surface area contributed by atoms with Crippen molar-refractivity contribution in [1.82, 2.24) is 0 Å². The van der Waals surface area contributed by atoms with E-state index < -0.39 is 0 Å². The van der Waals surface area contributed by atoms with Gasteiger partial charge in [0, 0.05) is 13.0 Å². The van der Waals surface area contributed by atoms with Gasteiger partial charge in [0.2, 0.25) is 0 Å². The SMILES string of the molecule is CC(C)(C)CC(O)=CCCO. The van der Waals surface area contributed by atoms with Gasteiger partial charge in [0.1, 0.15) is 0 Å². The number of aliphatic hydroxyl groups is 2. The Kier molecular flexibility index (Phi) is 4.19. The van der Waals surface area contributed by atoms with Crippen LogP contribution < -0.4 is 0 Å². The molecule has 2 nitrogen and oxygen atoms in total. The van der Waals surface area contributed by atoms with Gasteiger partial charge in [-0.15, -0.1) is 0 Å². The van der Waals surface area contributed by atoms with Crippen LogP contribution in [0.3, 0.4) is 0 Å². The molecule has 0 rings (SSSR count). The minimum atomic E-state index is 0.105. The van der Waals surface area contributed by atoms with Crippen LogP contribution in [-0.4, -0.2) is 16.8 Å². The second kappa shape index (κ2) is 4.39. The van der Waals surface area contributed by atoms with Gasteiger partial charge in [0.25, 0.3) is 0 Å². The summed E-state index contributed by atoms with van der Waals surface area (Å²) >= 11 is 0. The highest BCUT2D eigenvalue weighted by molar-refractivity contribution is 4.93. The summed E-state index contributed by atoms with van der Waals surface area (Å²) < 4.78 is 0. The molecule has 0 aromatic rings. The Morgan fingerprint density at radius 3 is 2.27 bits per heavy atom. The molecule has 0 aromatic carbocycles. The molecule has 2 N–H and O–H groups in total. The Labute approximate surface area is 68.6 Å². The van der Waals surface area contributed by atoms with Gasteiger partial charge in [-0.1, -0.05) is 20.8 Å². The highest BCUT2D eigenvalue weighted by atomic mass is 16.3. The van der Waals surface area contributed by atoms with E-state index in [0.29, 0.717) is 18.6 Å². The quantitative estimate of drug-likeness (QED) is 0.618. The Hall–Kier alpha value is -0.500. The number of hydrogen-bond acceptors (Lipinski definition) is 2. The maximum atomic E-state index is 9.27. The van der Waals surface area contributed by atoms with E-state index in [1.165, 1.54) is 0 Å². The van der Waals surface area contributed by atoms with Crippen LogP contribution in [0.25, 0.3) is 0 Å². The molecule has 66 valence electrons. The number of rotatable bonds is 3. The van der Waals surface area contributed by atoms with Crippen LogP contribution in [0.2, 0.25) is 0 Å². The van der Waals surface area contributed by atoms with Crippen LogP contribution in [0.15, 0.2) is 11.8 Å². The third kappa shape index (κ3) is 7.40. The topological polar surface area (TPSA) is 40.5 Å². The van der Waals surface area contributed by atoms with Crippen LogP contribution in [0.1, 0.15) is 33.6 Å². The molecule has 0 atom stereocenters. The predicted octanol–water partition coefficient (Wildman–Crippen LogP) is 2.25. The van der Waals surface area contributed by atoms with Crippen molar-refractivity contribution in [3.05, 3.63) is 11.8 Å². The van der Waals surface area contributed by atoms with Crippen molar-refractivity contribution in [1.29, 1.82) is 0 Å². The molecule has 0 radical (unpaired) electrons. The van der Waals surface area contributed by atoms with Crippen molar-refractivity contribution < 1.29 is 10.2 Å². The number of allylic oxidation sites excluding steroid dienone is 1. The van der Waals surface area contributed by atoms with E-state index in [2.05, 4.69) is 20.8 Å². The van der Waals surface area contributed by atoms with Crippen molar-refractivity contribution in [3.63, 3.8) is 0 Å². The van der Waals surface area contributed by atoms with Crippen LogP contribution in [0.4, 0.5) is 0 Å². The van der Waals surface area contributed by atoms with Gasteiger partial charge in [-0.05, 0) is 17.9 Å². The first-order valence-electron chi connectivity index (χ1n) is 3.94. The van der Waals surface area contributed by atoms with Crippen LogP contribution in [0, 0.1) is 5.41 Å². The Morgan fingerprint density at radius 2 is 1.91 bits per heavy atom. The summed E-state index contributed by atoms with van der Waals surface area (Å²) in [4.78, 5) is 0. The van der Waals surface area contributed by atoms with E-state index in [1.54, 1.807) is 6.08 Å². The minimum absolute atomic E-state index is 0.105. The van der Waals surface area contributed by atoms with E-state index in [4.69, 9.17) is 5.11 Å². The Bertz CT molecular complexity index is 131. The minimum Gasteiger partial charge on any atom is -0.513 e. The fourth-order valence-electron chi connectivity index (χ4n) is 0.847. The fraction of sp³-hybridized carbons (Fsp3) is 0.778. The standard InChI is InChI=1S/C9H18O2/c1-9(2,3)7-8(11)5-4-6-10/h5,10-11H,4,6-7H2,1-3H3. The van der Waals surface area contributed by atoms with Crippen LogP contribution in [0.5, 0.6) is 0 Å². The zero-order valence-corrected chi connectivity index (χ0v) is 7.59. The Morgan fingerprint density at radius 1 is 1.36 bits per heavy atom. The third-order valence-electron chi connectivity index (χ3n) is 1.22. The first kappa shape index (κ1) is 10.5. The lowest BCUT2D eigenvalue weighted by Crippen LogP contribution is -2.06. The molecule has 0 fully saturated rings. The van der Waals surface area contributed by atoms with Gasteiger partial charge >= 0.3 is 0 Å². The molecule has 0 heterocycles. The first-order valence-corrected chi connectivity index (χ1v) is 3.94.